The molecule has 0 aliphatic rings. The average Bonchev–Trinajstić information content (AvgIpc) is 3.34. The number of amides is 2. The van der Waals surface area contributed by atoms with Gasteiger partial charge in [0.1, 0.15) is 6.23 Å². The van der Waals surface area contributed by atoms with Crippen molar-refractivity contribution in [3.8, 4) is 0 Å². The van der Waals surface area contributed by atoms with Gasteiger partial charge in [0.25, 0.3) is 0 Å². The van der Waals surface area contributed by atoms with Crippen LogP contribution in [0.25, 0.3) is 0 Å². The normalized spacial score (nSPS) is 17.2. The first-order chi connectivity index (χ1) is 16.1. The summed E-state index contributed by atoms with van der Waals surface area (Å²) >= 11 is 3.07. The molecule has 2 amide bonds. The highest BCUT2D eigenvalue weighted by Gasteiger charge is 2.37. The van der Waals surface area contributed by atoms with Crippen LogP contribution < -0.4 is 16.1 Å². The maximum Gasteiger partial charge on any atom is 0.248 e. The van der Waals surface area contributed by atoms with E-state index < -0.39 is 30.0 Å². The summed E-state index contributed by atoms with van der Waals surface area (Å²) in [7, 11) is 1.66. The quantitative estimate of drug-likeness (QED) is 0.0736. The number of hydrogen-bond donors (Lipinski definition) is 5. The van der Waals surface area contributed by atoms with Crippen molar-refractivity contribution in [1.82, 2.24) is 16.1 Å². The topological polar surface area (TPSA) is 111 Å². The Bertz CT molecular complexity index is 757. The van der Waals surface area contributed by atoms with E-state index in [0.29, 0.717) is 18.6 Å². The summed E-state index contributed by atoms with van der Waals surface area (Å²) in [6, 6.07) is 3.38. The lowest BCUT2D eigenvalue weighted by Gasteiger charge is -2.36. The first-order valence-corrected chi connectivity index (χ1v) is 13.8. The third kappa shape index (κ3) is 10.1. The maximum absolute atomic E-state index is 13.6. The van der Waals surface area contributed by atoms with Gasteiger partial charge >= 0.3 is 0 Å². The molecule has 194 valence electrons. The van der Waals surface area contributed by atoms with Crippen LogP contribution in [0, 0.1) is 23.2 Å². The van der Waals surface area contributed by atoms with E-state index in [9.17, 15) is 19.9 Å². The summed E-state index contributed by atoms with van der Waals surface area (Å²) < 4.78 is 1.05. The summed E-state index contributed by atoms with van der Waals surface area (Å²) in [4.78, 5) is 26.2. The standard InChI is InChI=1S/C25H43N3O4S2/c1-7-9-12-25(5,8-2)15-20(24(31)26-6)27-22(29)18(14-17(3)4)19(23(30)28-32)16-34-21-11-10-13-33-21/h7,9-11,13,17-20,24,26,31-32H,8,12,14-16H2,1-6H3,(H,27,29)(H,28,30). The van der Waals surface area contributed by atoms with Gasteiger partial charge in [0.05, 0.1) is 22.1 Å². The molecule has 0 saturated heterocycles. The van der Waals surface area contributed by atoms with E-state index in [2.05, 4.69) is 30.6 Å². The molecule has 7 nitrogen and oxygen atoms in total. The lowest BCUT2D eigenvalue weighted by atomic mass is 9.77. The Morgan fingerprint density at radius 1 is 1.26 bits per heavy atom. The molecule has 5 atom stereocenters. The Morgan fingerprint density at radius 3 is 2.47 bits per heavy atom. The van der Waals surface area contributed by atoms with Crippen LogP contribution >= 0.6 is 23.1 Å². The van der Waals surface area contributed by atoms with Gasteiger partial charge in [-0.25, -0.2) is 5.48 Å². The van der Waals surface area contributed by atoms with Gasteiger partial charge in [-0.15, -0.1) is 23.1 Å². The molecule has 5 unspecified atom stereocenters. The van der Waals surface area contributed by atoms with Crippen molar-refractivity contribution in [3.63, 3.8) is 0 Å². The van der Waals surface area contributed by atoms with Crippen LogP contribution in [0.3, 0.4) is 0 Å². The Labute approximate surface area is 213 Å². The maximum atomic E-state index is 13.6. The number of allylic oxidation sites excluding steroid dienone is 2. The Hall–Kier alpha value is -1.39. The van der Waals surface area contributed by atoms with Gasteiger partial charge < -0.3 is 10.4 Å². The zero-order valence-corrected chi connectivity index (χ0v) is 23.0. The Kier molecular flexibility index (Phi) is 14.0. The number of hydrogen-bond acceptors (Lipinski definition) is 7. The summed E-state index contributed by atoms with van der Waals surface area (Å²) in [5.41, 5.74) is 1.66. The average molecular weight is 514 g/mol. The summed E-state index contributed by atoms with van der Waals surface area (Å²) in [6.45, 7) is 10.3. The molecule has 0 spiro atoms. The number of carbonyl (C=O) groups is 2. The van der Waals surface area contributed by atoms with Crippen LogP contribution in [0.5, 0.6) is 0 Å². The second-order valence-corrected chi connectivity index (χ2v) is 11.8. The predicted molar refractivity (Wildman–Crippen MR) is 141 cm³/mol. The minimum Gasteiger partial charge on any atom is -0.376 e. The molecule has 1 aromatic rings. The van der Waals surface area contributed by atoms with Gasteiger partial charge in [0.2, 0.25) is 11.8 Å². The van der Waals surface area contributed by atoms with E-state index in [-0.39, 0.29) is 17.2 Å². The van der Waals surface area contributed by atoms with E-state index in [1.807, 2.05) is 44.4 Å². The van der Waals surface area contributed by atoms with Gasteiger partial charge in [-0.05, 0) is 56.0 Å². The monoisotopic (exact) mass is 513 g/mol. The summed E-state index contributed by atoms with van der Waals surface area (Å²) in [6.07, 6.45) is 5.99. The Morgan fingerprint density at radius 2 is 1.97 bits per heavy atom. The number of aliphatic hydroxyl groups is 1. The molecule has 34 heavy (non-hydrogen) atoms. The third-order valence-electron chi connectivity index (χ3n) is 6.31. The van der Waals surface area contributed by atoms with Crippen LogP contribution in [-0.2, 0) is 9.59 Å². The number of thioether (sulfide) groups is 1. The van der Waals surface area contributed by atoms with Crippen LogP contribution in [0.15, 0.2) is 33.9 Å². The number of carbonyl (C=O) groups excluding carboxylic acids is 2. The molecule has 1 aromatic heterocycles. The number of nitrogens with one attached hydrogen (secondary N) is 3. The zero-order valence-electron chi connectivity index (χ0n) is 21.3. The highest BCUT2D eigenvalue weighted by molar-refractivity contribution is 8.01. The lowest BCUT2D eigenvalue weighted by Crippen LogP contribution is -2.54. The number of rotatable bonds is 16. The Balaban J connectivity index is 3.15. The second kappa shape index (κ2) is 15.6. The van der Waals surface area contributed by atoms with Crippen molar-refractivity contribution in [1.29, 1.82) is 0 Å². The van der Waals surface area contributed by atoms with E-state index in [1.54, 1.807) is 23.9 Å². The molecular weight excluding hydrogens is 470 g/mol. The highest BCUT2D eigenvalue weighted by atomic mass is 32.2. The van der Waals surface area contributed by atoms with Gasteiger partial charge in [0, 0.05) is 5.75 Å². The number of thiophene rings is 1. The van der Waals surface area contributed by atoms with Crippen LogP contribution in [-0.4, -0.2) is 47.2 Å². The smallest absolute Gasteiger partial charge is 0.248 e. The number of hydroxylamine groups is 1. The molecular formula is C25H43N3O4S2. The molecule has 9 heteroatoms. The molecule has 0 aromatic carbocycles. The molecule has 5 N–H and O–H groups in total. The van der Waals surface area contributed by atoms with Gasteiger partial charge in [0.15, 0.2) is 0 Å². The van der Waals surface area contributed by atoms with Gasteiger partial charge in [-0.2, -0.15) is 0 Å². The number of likely N-dealkylation sites (N-methyl/N-ethyl adjacent to an activating group) is 1. The van der Waals surface area contributed by atoms with E-state index in [0.717, 1.165) is 17.1 Å². The molecule has 0 aliphatic carbocycles. The summed E-state index contributed by atoms with van der Waals surface area (Å²) in [5, 5.41) is 28.0. The van der Waals surface area contributed by atoms with Crippen LogP contribution in [0.1, 0.15) is 60.3 Å². The van der Waals surface area contributed by atoms with Crippen LogP contribution in [0.2, 0.25) is 0 Å². The predicted octanol–water partition coefficient (Wildman–Crippen LogP) is 4.42. The lowest BCUT2D eigenvalue weighted by molar-refractivity contribution is -0.140. The minimum absolute atomic E-state index is 0.104. The SMILES string of the molecule is CC=CCC(C)(CC)CC(NC(=O)C(CC(C)C)C(CSc1cccs1)C(=O)NO)C(O)NC. The first-order valence-electron chi connectivity index (χ1n) is 12.0. The molecule has 0 bridgehead atoms. The second-order valence-electron chi connectivity index (χ2n) is 9.55. The van der Waals surface area contributed by atoms with Crippen LogP contribution in [0.4, 0.5) is 0 Å². The molecule has 1 heterocycles. The molecule has 0 saturated carbocycles. The van der Waals surface area contributed by atoms with Gasteiger partial charge in [-0.3, -0.25) is 20.1 Å². The molecule has 1 rings (SSSR count). The number of aliphatic hydroxyl groups excluding tert-OH is 1. The zero-order chi connectivity index (χ0) is 25.7. The molecule has 0 radical (unpaired) electrons. The molecule has 0 fully saturated rings. The third-order valence-corrected chi connectivity index (χ3v) is 8.56. The fourth-order valence-electron chi connectivity index (χ4n) is 3.97. The van der Waals surface area contributed by atoms with Crippen molar-refractivity contribution in [2.45, 2.75) is 76.8 Å². The van der Waals surface area contributed by atoms with E-state index in [1.165, 1.54) is 11.8 Å². The van der Waals surface area contributed by atoms with Crippen molar-refractivity contribution >= 4 is 34.9 Å². The first kappa shape index (κ1) is 30.6. The van der Waals surface area contributed by atoms with E-state index in [4.69, 9.17) is 0 Å². The molecule has 0 aliphatic heterocycles. The fourth-order valence-corrected chi connectivity index (χ4v) is 5.97. The largest absolute Gasteiger partial charge is 0.376 e. The minimum atomic E-state index is -0.925. The van der Waals surface area contributed by atoms with Crippen molar-refractivity contribution < 1.29 is 19.9 Å². The van der Waals surface area contributed by atoms with E-state index >= 15 is 0 Å². The van der Waals surface area contributed by atoms with Crippen molar-refractivity contribution in [3.05, 3.63) is 29.7 Å². The van der Waals surface area contributed by atoms with Gasteiger partial charge in [-0.1, -0.05) is 52.3 Å². The van der Waals surface area contributed by atoms with Crippen molar-refractivity contribution in [2.75, 3.05) is 12.8 Å². The van der Waals surface area contributed by atoms with Crippen molar-refractivity contribution in [2.24, 2.45) is 23.2 Å². The summed E-state index contributed by atoms with van der Waals surface area (Å²) in [5.74, 6) is -1.67. The highest BCUT2D eigenvalue weighted by Crippen LogP contribution is 2.34. The fraction of sp³-hybridized carbons (Fsp3) is 0.680.